The van der Waals surface area contributed by atoms with E-state index >= 15 is 0 Å². The minimum Gasteiger partial charge on any atom is -0.507 e. The third kappa shape index (κ3) is 3.80. The number of carbonyl (C=O) groups excluding carboxylic acids is 3. The molecule has 0 unspecified atom stereocenters. The largest absolute Gasteiger partial charge is 0.507 e. The number of benzene rings is 2. The zero-order chi connectivity index (χ0) is 23.0. The van der Waals surface area contributed by atoms with Crippen LogP contribution in [-0.4, -0.2) is 60.7 Å². The van der Waals surface area contributed by atoms with Crippen molar-refractivity contribution in [3.63, 3.8) is 0 Å². The normalized spacial score (nSPS) is 24.0. The summed E-state index contributed by atoms with van der Waals surface area (Å²) in [6.07, 6.45) is 0.206. The van der Waals surface area contributed by atoms with Gasteiger partial charge in [-0.1, -0.05) is 42.5 Å². The minimum absolute atomic E-state index is 0.0760. The Morgan fingerprint density at radius 3 is 2.25 bits per heavy atom. The van der Waals surface area contributed by atoms with Crippen molar-refractivity contribution in [3.8, 4) is 0 Å². The van der Waals surface area contributed by atoms with Crippen LogP contribution in [0.4, 0.5) is 0 Å². The number of carbonyl (C=O) groups is 3. The molecule has 0 aliphatic carbocycles. The molecule has 0 aromatic heterocycles. The number of sulfone groups is 1. The second-order valence-corrected chi connectivity index (χ2v) is 9.97. The van der Waals surface area contributed by atoms with Crippen LogP contribution in [0.3, 0.4) is 0 Å². The molecule has 2 aromatic rings. The fourth-order valence-electron chi connectivity index (χ4n) is 4.22. The molecule has 1 N–H and O–H groups in total. The number of ether oxygens (including phenoxy) is 1. The number of aliphatic hydroxyl groups excluding tert-OH is 1. The number of likely N-dealkylation sites (tertiary alicyclic amines) is 1. The molecular weight excluding hydrogens is 434 g/mol. The second-order valence-electron chi connectivity index (χ2n) is 7.74. The van der Waals surface area contributed by atoms with Gasteiger partial charge in [0.25, 0.3) is 11.7 Å². The smallest absolute Gasteiger partial charge is 0.337 e. The highest BCUT2D eigenvalue weighted by atomic mass is 32.2. The Morgan fingerprint density at radius 2 is 1.69 bits per heavy atom. The fourth-order valence-corrected chi connectivity index (χ4v) is 5.93. The van der Waals surface area contributed by atoms with Crippen LogP contribution in [0.15, 0.2) is 60.2 Å². The Hall–Kier alpha value is -3.46. The molecule has 0 radical (unpaired) electrons. The molecule has 0 bridgehead atoms. The molecule has 2 heterocycles. The van der Waals surface area contributed by atoms with E-state index < -0.39 is 39.6 Å². The Bertz CT molecular complexity index is 1220. The standard InChI is InChI=1S/C23H21NO7S/c1-31-23(28)16-9-7-14(8-10-16)19-18(20(25)15-5-3-2-4-6-15)21(26)22(27)24(19)17-11-12-32(29,30)13-17/h2-10,17,19,25H,11-13H2,1H3/b20-18-/t17-,19-/m1/s1. The van der Waals surface area contributed by atoms with Gasteiger partial charge in [0.2, 0.25) is 0 Å². The van der Waals surface area contributed by atoms with E-state index in [0.29, 0.717) is 11.1 Å². The third-order valence-corrected chi connectivity index (χ3v) is 7.53. The molecular formula is C23H21NO7S. The van der Waals surface area contributed by atoms with Crippen LogP contribution in [0.5, 0.6) is 0 Å². The number of esters is 1. The van der Waals surface area contributed by atoms with Crippen LogP contribution in [0, 0.1) is 0 Å². The average molecular weight is 455 g/mol. The number of amides is 1. The van der Waals surface area contributed by atoms with Gasteiger partial charge in [-0.15, -0.1) is 0 Å². The molecule has 0 saturated carbocycles. The van der Waals surface area contributed by atoms with E-state index in [4.69, 9.17) is 4.74 Å². The molecule has 2 aromatic carbocycles. The van der Waals surface area contributed by atoms with Crippen LogP contribution in [-0.2, 0) is 24.2 Å². The number of rotatable bonds is 4. The van der Waals surface area contributed by atoms with Crippen LogP contribution < -0.4 is 0 Å². The van der Waals surface area contributed by atoms with E-state index in [1.165, 1.54) is 24.1 Å². The number of aliphatic hydroxyl groups is 1. The van der Waals surface area contributed by atoms with Gasteiger partial charge in [-0.3, -0.25) is 9.59 Å². The lowest BCUT2D eigenvalue weighted by atomic mass is 9.94. The van der Waals surface area contributed by atoms with Crippen molar-refractivity contribution < 1.29 is 32.6 Å². The molecule has 2 aliphatic heterocycles. The number of Topliss-reactive ketones (excluding diaryl/α,β-unsaturated/α-hetero) is 1. The summed E-state index contributed by atoms with van der Waals surface area (Å²) in [6, 6.07) is 12.8. The predicted molar refractivity (Wildman–Crippen MR) is 115 cm³/mol. The van der Waals surface area contributed by atoms with Gasteiger partial charge in [0.05, 0.1) is 35.8 Å². The van der Waals surface area contributed by atoms with Crippen molar-refractivity contribution in [2.24, 2.45) is 0 Å². The molecule has 32 heavy (non-hydrogen) atoms. The molecule has 0 spiro atoms. The summed E-state index contributed by atoms with van der Waals surface area (Å²) >= 11 is 0. The van der Waals surface area contributed by atoms with Gasteiger partial charge in [-0.05, 0) is 24.1 Å². The fraction of sp³-hybridized carbons (Fsp3) is 0.261. The monoisotopic (exact) mass is 455 g/mol. The number of methoxy groups -OCH3 is 1. The topological polar surface area (TPSA) is 118 Å². The highest BCUT2D eigenvalue weighted by Gasteiger charge is 2.50. The van der Waals surface area contributed by atoms with Gasteiger partial charge in [0, 0.05) is 11.6 Å². The molecule has 9 heteroatoms. The van der Waals surface area contributed by atoms with Gasteiger partial charge in [0.15, 0.2) is 9.84 Å². The zero-order valence-electron chi connectivity index (χ0n) is 17.2. The first kappa shape index (κ1) is 21.8. The predicted octanol–water partition coefficient (Wildman–Crippen LogP) is 2.08. The molecule has 4 rings (SSSR count). The molecule has 1 amide bonds. The summed E-state index contributed by atoms with van der Waals surface area (Å²) in [5, 5.41) is 11.0. The van der Waals surface area contributed by atoms with Crippen molar-refractivity contribution in [2.45, 2.75) is 18.5 Å². The third-order valence-electron chi connectivity index (χ3n) is 5.78. The number of hydrogen-bond acceptors (Lipinski definition) is 7. The van der Waals surface area contributed by atoms with E-state index in [2.05, 4.69) is 0 Å². The molecule has 2 saturated heterocycles. The maximum Gasteiger partial charge on any atom is 0.337 e. The van der Waals surface area contributed by atoms with Gasteiger partial charge < -0.3 is 14.7 Å². The van der Waals surface area contributed by atoms with Crippen molar-refractivity contribution in [1.82, 2.24) is 4.90 Å². The van der Waals surface area contributed by atoms with Gasteiger partial charge in [-0.25, -0.2) is 13.2 Å². The molecule has 2 fully saturated rings. The minimum atomic E-state index is -3.34. The van der Waals surface area contributed by atoms with Crippen molar-refractivity contribution in [1.29, 1.82) is 0 Å². The van der Waals surface area contributed by atoms with E-state index in [0.717, 1.165) is 0 Å². The Kier molecular flexibility index (Phi) is 5.60. The Balaban J connectivity index is 1.86. The van der Waals surface area contributed by atoms with E-state index in [9.17, 15) is 27.9 Å². The number of hydrogen-bond donors (Lipinski definition) is 1. The van der Waals surface area contributed by atoms with E-state index in [-0.39, 0.29) is 34.8 Å². The maximum atomic E-state index is 13.0. The zero-order valence-corrected chi connectivity index (χ0v) is 18.0. The van der Waals surface area contributed by atoms with Crippen LogP contribution >= 0.6 is 0 Å². The first-order valence-electron chi connectivity index (χ1n) is 9.97. The van der Waals surface area contributed by atoms with E-state index in [1.54, 1.807) is 42.5 Å². The van der Waals surface area contributed by atoms with Gasteiger partial charge in [-0.2, -0.15) is 0 Å². The SMILES string of the molecule is COC(=O)c1ccc([C@@H]2/C(=C(/O)c3ccccc3)C(=O)C(=O)N2[C@@H]2CCS(=O)(=O)C2)cc1. The molecule has 166 valence electrons. The lowest BCUT2D eigenvalue weighted by Crippen LogP contribution is -2.40. The van der Waals surface area contributed by atoms with Gasteiger partial charge in [0.1, 0.15) is 5.76 Å². The molecule has 2 atom stereocenters. The molecule has 8 nitrogen and oxygen atoms in total. The van der Waals surface area contributed by atoms with Crippen molar-refractivity contribution >= 4 is 33.3 Å². The van der Waals surface area contributed by atoms with Crippen molar-refractivity contribution in [3.05, 3.63) is 76.9 Å². The Labute approximate surface area is 185 Å². The summed E-state index contributed by atoms with van der Waals surface area (Å²) in [6.45, 7) is 0. The number of nitrogens with zero attached hydrogens (tertiary/aromatic N) is 1. The summed E-state index contributed by atoms with van der Waals surface area (Å²) in [7, 11) is -2.08. The summed E-state index contributed by atoms with van der Waals surface area (Å²) in [5.41, 5.74) is 0.996. The highest BCUT2D eigenvalue weighted by molar-refractivity contribution is 7.91. The van der Waals surface area contributed by atoms with Gasteiger partial charge >= 0.3 is 5.97 Å². The first-order valence-corrected chi connectivity index (χ1v) is 11.8. The van der Waals surface area contributed by atoms with Crippen LogP contribution in [0.1, 0.15) is 33.9 Å². The average Bonchev–Trinajstić information content (AvgIpc) is 3.29. The summed E-state index contributed by atoms with van der Waals surface area (Å²) in [4.78, 5) is 39.1. The van der Waals surface area contributed by atoms with Crippen LogP contribution in [0.2, 0.25) is 0 Å². The summed E-state index contributed by atoms with van der Waals surface area (Å²) < 4.78 is 28.9. The highest BCUT2D eigenvalue weighted by Crippen LogP contribution is 2.42. The van der Waals surface area contributed by atoms with Crippen molar-refractivity contribution in [2.75, 3.05) is 18.6 Å². The van der Waals surface area contributed by atoms with Crippen LogP contribution in [0.25, 0.3) is 5.76 Å². The first-order chi connectivity index (χ1) is 15.2. The Morgan fingerprint density at radius 1 is 1.03 bits per heavy atom. The quantitative estimate of drug-likeness (QED) is 0.325. The van der Waals surface area contributed by atoms with E-state index in [1.807, 2.05) is 0 Å². The number of ketones is 1. The lowest BCUT2D eigenvalue weighted by molar-refractivity contribution is -0.141. The maximum absolute atomic E-state index is 13.0. The molecule has 2 aliphatic rings. The summed E-state index contributed by atoms with van der Waals surface area (Å²) in [5.74, 6) is -2.94. The second kappa shape index (κ2) is 8.23. The lowest BCUT2D eigenvalue weighted by Gasteiger charge is -2.30.